The Morgan fingerprint density at radius 3 is 2.40 bits per heavy atom. The van der Waals surface area contributed by atoms with E-state index in [-0.39, 0.29) is 12.4 Å². The Bertz CT molecular complexity index is 303. The van der Waals surface area contributed by atoms with Gasteiger partial charge < -0.3 is 5.11 Å². The van der Waals surface area contributed by atoms with Crippen LogP contribution in [0.25, 0.3) is 0 Å². The molecule has 0 atom stereocenters. The monoisotopic (exact) mass is 293 g/mol. The third-order valence-electron chi connectivity index (χ3n) is 2.33. The van der Waals surface area contributed by atoms with Crippen molar-refractivity contribution in [1.29, 1.82) is 0 Å². The van der Waals surface area contributed by atoms with Gasteiger partial charge in [-0.3, -0.25) is 4.90 Å². The van der Waals surface area contributed by atoms with Gasteiger partial charge in [0.05, 0.1) is 0 Å². The number of aromatic hydroxyl groups is 1. The summed E-state index contributed by atoms with van der Waals surface area (Å²) in [6, 6.07) is 5.54. The van der Waals surface area contributed by atoms with Crippen molar-refractivity contribution in [2.45, 2.75) is 20.4 Å². The molecule has 1 aromatic carbocycles. The summed E-state index contributed by atoms with van der Waals surface area (Å²) < 4.78 is 1.01. The average molecular weight is 295 g/mol. The Kier molecular flexibility index (Phi) is 6.98. The van der Waals surface area contributed by atoms with Crippen LogP contribution in [0.3, 0.4) is 0 Å². The zero-order valence-corrected chi connectivity index (χ0v) is 11.4. The van der Waals surface area contributed by atoms with Gasteiger partial charge in [0.2, 0.25) is 0 Å². The lowest BCUT2D eigenvalue weighted by Gasteiger charge is -2.18. The molecule has 0 unspecified atom stereocenters. The van der Waals surface area contributed by atoms with Crippen molar-refractivity contribution < 1.29 is 5.11 Å². The van der Waals surface area contributed by atoms with Gasteiger partial charge in [0, 0.05) is 16.6 Å². The molecule has 0 spiro atoms. The van der Waals surface area contributed by atoms with Crippen LogP contribution < -0.4 is 0 Å². The molecule has 0 radical (unpaired) electrons. The topological polar surface area (TPSA) is 23.5 Å². The molecular weight excluding hydrogens is 277 g/mol. The lowest BCUT2D eigenvalue weighted by atomic mass is 10.2. The highest BCUT2D eigenvalue weighted by atomic mass is 79.9. The zero-order valence-electron chi connectivity index (χ0n) is 9.03. The van der Waals surface area contributed by atoms with Crippen LogP contribution in [0.5, 0.6) is 5.75 Å². The van der Waals surface area contributed by atoms with Crippen molar-refractivity contribution in [3.05, 3.63) is 28.2 Å². The Hall–Kier alpha value is -0.250. The second-order valence-electron chi connectivity index (χ2n) is 3.23. The molecule has 0 saturated heterocycles. The van der Waals surface area contributed by atoms with Crippen molar-refractivity contribution in [3.8, 4) is 5.75 Å². The Labute approximate surface area is 106 Å². The summed E-state index contributed by atoms with van der Waals surface area (Å²) in [5, 5.41) is 9.63. The van der Waals surface area contributed by atoms with Crippen LogP contribution in [0.1, 0.15) is 19.4 Å². The quantitative estimate of drug-likeness (QED) is 0.920. The molecule has 1 rings (SSSR count). The minimum Gasteiger partial charge on any atom is -0.508 e. The first-order valence-electron chi connectivity index (χ1n) is 4.87. The highest BCUT2D eigenvalue weighted by Gasteiger charge is 2.05. The van der Waals surface area contributed by atoms with Gasteiger partial charge in [0.15, 0.2) is 0 Å². The SMILES string of the molecule is CCN(CC)Cc1cc(Br)ccc1O.Cl. The van der Waals surface area contributed by atoms with E-state index in [0.29, 0.717) is 5.75 Å². The lowest BCUT2D eigenvalue weighted by molar-refractivity contribution is 0.291. The largest absolute Gasteiger partial charge is 0.508 e. The molecule has 0 bridgehead atoms. The van der Waals surface area contributed by atoms with Crippen molar-refractivity contribution in [3.63, 3.8) is 0 Å². The first kappa shape index (κ1) is 14.8. The molecule has 15 heavy (non-hydrogen) atoms. The smallest absolute Gasteiger partial charge is 0.120 e. The number of benzene rings is 1. The molecule has 0 heterocycles. The molecule has 0 aliphatic carbocycles. The summed E-state index contributed by atoms with van der Waals surface area (Å²) >= 11 is 3.40. The maximum atomic E-state index is 9.63. The van der Waals surface area contributed by atoms with E-state index < -0.39 is 0 Å². The van der Waals surface area contributed by atoms with Gasteiger partial charge in [-0.05, 0) is 31.3 Å². The highest BCUT2D eigenvalue weighted by molar-refractivity contribution is 9.10. The molecular formula is C11H17BrClNO. The van der Waals surface area contributed by atoms with Crippen LogP contribution in [-0.4, -0.2) is 23.1 Å². The van der Waals surface area contributed by atoms with Gasteiger partial charge in [0.1, 0.15) is 5.75 Å². The zero-order chi connectivity index (χ0) is 10.6. The minimum absolute atomic E-state index is 0. The summed E-state index contributed by atoms with van der Waals surface area (Å²) in [4.78, 5) is 2.27. The number of phenolic OH excluding ortho intramolecular Hbond substituents is 1. The third-order valence-corrected chi connectivity index (χ3v) is 2.82. The maximum absolute atomic E-state index is 9.63. The molecule has 0 aromatic heterocycles. The fraction of sp³-hybridized carbons (Fsp3) is 0.455. The Morgan fingerprint density at radius 2 is 1.87 bits per heavy atom. The van der Waals surface area contributed by atoms with Crippen LogP contribution >= 0.6 is 28.3 Å². The minimum atomic E-state index is 0. The first-order chi connectivity index (χ1) is 6.67. The van der Waals surface area contributed by atoms with Crippen LogP contribution in [0.15, 0.2) is 22.7 Å². The molecule has 0 aliphatic rings. The lowest BCUT2D eigenvalue weighted by Crippen LogP contribution is -2.22. The van der Waals surface area contributed by atoms with E-state index in [1.165, 1.54) is 0 Å². The normalized spacial score (nSPS) is 10.1. The molecule has 0 saturated carbocycles. The van der Waals surface area contributed by atoms with Crippen LogP contribution in [0.4, 0.5) is 0 Å². The number of phenols is 1. The number of hydrogen-bond acceptors (Lipinski definition) is 2. The number of rotatable bonds is 4. The summed E-state index contributed by atoms with van der Waals surface area (Å²) in [5.74, 6) is 0.375. The fourth-order valence-electron chi connectivity index (χ4n) is 1.37. The van der Waals surface area contributed by atoms with Gasteiger partial charge in [-0.15, -0.1) is 12.4 Å². The first-order valence-corrected chi connectivity index (χ1v) is 5.66. The molecule has 2 nitrogen and oxygen atoms in total. The molecule has 0 aliphatic heterocycles. The molecule has 1 N–H and O–H groups in total. The second kappa shape index (κ2) is 7.09. The van der Waals surface area contributed by atoms with Crippen LogP contribution in [0.2, 0.25) is 0 Å². The average Bonchev–Trinajstić information content (AvgIpc) is 2.19. The van der Waals surface area contributed by atoms with Gasteiger partial charge in [-0.2, -0.15) is 0 Å². The second-order valence-corrected chi connectivity index (χ2v) is 4.15. The fourth-order valence-corrected chi connectivity index (χ4v) is 1.78. The van der Waals surface area contributed by atoms with Gasteiger partial charge in [-0.1, -0.05) is 29.8 Å². The predicted octanol–water partition coefficient (Wildman–Crippen LogP) is 3.42. The van der Waals surface area contributed by atoms with Gasteiger partial charge >= 0.3 is 0 Å². The third kappa shape index (κ3) is 4.41. The number of halogens is 2. The number of nitrogens with zero attached hydrogens (tertiary/aromatic N) is 1. The summed E-state index contributed by atoms with van der Waals surface area (Å²) in [6.07, 6.45) is 0. The van der Waals surface area contributed by atoms with Crippen molar-refractivity contribution in [2.24, 2.45) is 0 Å². The standard InChI is InChI=1S/C11H16BrNO.ClH/c1-3-13(4-2)8-9-7-10(12)5-6-11(9)14;/h5-7,14H,3-4,8H2,1-2H3;1H. The Balaban J connectivity index is 0.00000196. The van der Waals surface area contributed by atoms with E-state index in [0.717, 1.165) is 29.7 Å². The van der Waals surface area contributed by atoms with Crippen molar-refractivity contribution >= 4 is 28.3 Å². The molecule has 86 valence electrons. The molecule has 0 fully saturated rings. The Morgan fingerprint density at radius 1 is 1.27 bits per heavy atom. The van der Waals surface area contributed by atoms with E-state index in [9.17, 15) is 5.11 Å². The molecule has 4 heteroatoms. The van der Waals surface area contributed by atoms with E-state index in [4.69, 9.17) is 0 Å². The summed E-state index contributed by atoms with van der Waals surface area (Å²) in [7, 11) is 0. The number of hydrogen-bond donors (Lipinski definition) is 1. The summed E-state index contributed by atoms with van der Waals surface area (Å²) in [5.41, 5.74) is 0.975. The predicted molar refractivity (Wildman–Crippen MR) is 69.7 cm³/mol. The maximum Gasteiger partial charge on any atom is 0.120 e. The van der Waals surface area contributed by atoms with Crippen molar-refractivity contribution in [1.82, 2.24) is 4.90 Å². The van der Waals surface area contributed by atoms with E-state index >= 15 is 0 Å². The van der Waals surface area contributed by atoms with Crippen molar-refractivity contribution in [2.75, 3.05) is 13.1 Å². The van der Waals surface area contributed by atoms with E-state index in [1.807, 2.05) is 12.1 Å². The molecule has 0 amide bonds. The van der Waals surface area contributed by atoms with E-state index in [1.54, 1.807) is 6.07 Å². The highest BCUT2D eigenvalue weighted by Crippen LogP contribution is 2.22. The van der Waals surface area contributed by atoms with Crippen LogP contribution in [-0.2, 0) is 6.54 Å². The van der Waals surface area contributed by atoms with E-state index in [2.05, 4.69) is 34.7 Å². The molecule has 1 aromatic rings. The van der Waals surface area contributed by atoms with Gasteiger partial charge in [0.25, 0.3) is 0 Å². The van der Waals surface area contributed by atoms with Crippen LogP contribution in [0, 0.1) is 0 Å². The summed E-state index contributed by atoms with van der Waals surface area (Å²) in [6.45, 7) is 7.06. The van der Waals surface area contributed by atoms with Gasteiger partial charge in [-0.25, -0.2) is 0 Å².